The second kappa shape index (κ2) is 10.6. The lowest BCUT2D eigenvalue weighted by Gasteiger charge is -2.37. The van der Waals surface area contributed by atoms with E-state index in [1.807, 2.05) is 23.1 Å². The molecular formula is C24H29Cl2N5O2. The highest BCUT2D eigenvalue weighted by Crippen LogP contribution is 2.27. The number of halogens is 2. The van der Waals surface area contributed by atoms with Gasteiger partial charge in [0.05, 0.1) is 12.1 Å². The Hall–Kier alpha value is -2.48. The average Bonchev–Trinajstić information content (AvgIpc) is 3.31. The molecule has 0 aromatic heterocycles. The van der Waals surface area contributed by atoms with Crippen LogP contribution in [-0.4, -0.2) is 67.4 Å². The first-order chi connectivity index (χ1) is 15.9. The van der Waals surface area contributed by atoms with Crippen molar-refractivity contribution in [3.05, 3.63) is 57.6 Å². The first-order valence-corrected chi connectivity index (χ1v) is 12.0. The molecule has 3 N–H and O–H groups in total. The molecule has 2 amide bonds. The van der Waals surface area contributed by atoms with E-state index in [0.717, 1.165) is 37.4 Å². The van der Waals surface area contributed by atoms with Crippen LogP contribution in [0.3, 0.4) is 0 Å². The Morgan fingerprint density at radius 1 is 0.939 bits per heavy atom. The van der Waals surface area contributed by atoms with Crippen LogP contribution in [0.2, 0.25) is 10.0 Å². The lowest BCUT2D eigenvalue weighted by Crippen LogP contribution is -2.51. The molecule has 2 fully saturated rings. The van der Waals surface area contributed by atoms with E-state index in [1.54, 1.807) is 18.2 Å². The SMILES string of the molecule is NC(=O)c1ccc(N2CCN(C(=O)CN3CCCC3)CC2)cc1NCc1ccc(Cl)cc1Cl. The topological polar surface area (TPSA) is 81.9 Å². The summed E-state index contributed by atoms with van der Waals surface area (Å²) >= 11 is 12.3. The van der Waals surface area contributed by atoms with E-state index in [2.05, 4.69) is 15.1 Å². The molecule has 2 heterocycles. The molecule has 0 atom stereocenters. The molecule has 0 unspecified atom stereocenters. The van der Waals surface area contributed by atoms with Gasteiger partial charge < -0.3 is 20.9 Å². The Morgan fingerprint density at radius 2 is 1.67 bits per heavy atom. The first-order valence-electron chi connectivity index (χ1n) is 11.3. The van der Waals surface area contributed by atoms with Crippen molar-refractivity contribution in [2.24, 2.45) is 5.73 Å². The summed E-state index contributed by atoms with van der Waals surface area (Å²) in [4.78, 5) is 31.0. The van der Waals surface area contributed by atoms with Crippen LogP contribution >= 0.6 is 23.2 Å². The van der Waals surface area contributed by atoms with Crippen molar-refractivity contribution in [2.45, 2.75) is 19.4 Å². The van der Waals surface area contributed by atoms with E-state index in [1.165, 1.54) is 12.8 Å². The van der Waals surface area contributed by atoms with Crippen LogP contribution in [0.4, 0.5) is 11.4 Å². The highest BCUT2D eigenvalue weighted by atomic mass is 35.5. The van der Waals surface area contributed by atoms with Gasteiger partial charge in [0, 0.05) is 54.1 Å². The molecule has 0 saturated carbocycles. The average molecular weight is 490 g/mol. The number of nitrogens with two attached hydrogens (primary N) is 1. The van der Waals surface area contributed by atoms with Gasteiger partial charge in [-0.2, -0.15) is 0 Å². The predicted octanol–water partition coefficient (Wildman–Crippen LogP) is 3.45. The van der Waals surface area contributed by atoms with E-state index in [4.69, 9.17) is 28.9 Å². The van der Waals surface area contributed by atoms with Crippen molar-refractivity contribution in [1.29, 1.82) is 0 Å². The number of amides is 2. The molecule has 2 aliphatic rings. The molecular weight excluding hydrogens is 461 g/mol. The lowest BCUT2D eigenvalue weighted by molar-refractivity contribution is -0.132. The van der Waals surface area contributed by atoms with Crippen molar-refractivity contribution in [3.8, 4) is 0 Å². The van der Waals surface area contributed by atoms with E-state index >= 15 is 0 Å². The maximum absolute atomic E-state index is 12.6. The summed E-state index contributed by atoms with van der Waals surface area (Å²) in [5.41, 5.74) is 8.52. The number of nitrogens with zero attached hydrogens (tertiary/aromatic N) is 3. The van der Waals surface area contributed by atoms with E-state index in [0.29, 0.717) is 47.5 Å². The maximum Gasteiger partial charge on any atom is 0.250 e. The molecule has 7 nitrogen and oxygen atoms in total. The van der Waals surface area contributed by atoms with Gasteiger partial charge in [-0.3, -0.25) is 14.5 Å². The van der Waals surface area contributed by atoms with Gasteiger partial charge in [0.2, 0.25) is 5.91 Å². The van der Waals surface area contributed by atoms with Crippen molar-refractivity contribution < 1.29 is 9.59 Å². The molecule has 0 spiro atoms. The molecule has 2 aromatic rings. The lowest BCUT2D eigenvalue weighted by atomic mass is 10.1. The Kier molecular flexibility index (Phi) is 7.63. The number of piperazine rings is 1. The van der Waals surface area contributed by atoms with Gasteiger partial charge in [0.15, 0.2) is 0 Å². The zero-order valence-corrected chi connectivity index (χ0v) is 20.0. The van der Waals surface area contributed by atoms with Crippen LogP contribution in [0.5, 0.6) is 0 Å². The zero-order valence-electron chi connectivity index (χ0n) is 18.5. The molecule has 176 valence electrons. The number of carbonyl (C=O) groups is 2. The summed E-state index contributed by atoms with van der Waals surface area (Å²) in [6.45, 7) is 5.85. The van der Waals surface area contributed by atoms with Crippen molar-refractivity contribution in [2.75, 3.05) is 56.0 Å². The van der Waals surface area contributed by atoms with Gasteiger partial charge in [-0.15, -0.1) is 0 Å². The molecule has 0 radical (unpaired) electrons. The normalized spacial score (nSPS) is 16.8. The van der Waals surface area contributed by atoms with Gasteiger partial charge in [0.1, 0.15) is 0 Å². The highest BCUT2D eigenvalue weighted by molar-refractivity contribution is 6.35. The van der Waals surface area contributed by atoms with Crippen LogP contribution in [0.25, 0.3) is 0 Å². The number of nitrogens with one attached hydrogen (secondary N) is 1. The summed E-state index contributed by atoms with van der Waals surface area (Å²) in [7, 11) is 0. The number of anilines is 2. The van der Waals surface area contributed by atoms with E-state index in [9.17, 15) is 9.59 Å². The van der Waals surface area contributed by atoms with Crippen LogP contribution in [0.1, 0.15) is 28.8 Å². The Labute approximate surface area is 204 Å². The number of likely N-dealkylation sites (tertiary alicyclic amines) is 1. The number of hydrogen-bond acceptors (Lipinski definition) is 5. The summed E-state index contributed by atoms with van der Waals surface area (Å²) in [5.74, 6) is -0.286. The number of benzene rings is 2. The van der Waals surface area contributed by atoms with Gasteiger partial charge in [-0.05, 0) is 61.8 Å². The number of carbonyl (C=O) groups excluding carboxylic acids is 2. The third-order valence-electron chi connectivity index (χ3n) is 6.31. The fourth-order valence-electron chi connectivity index (χ4n) is 4.39. The zero-order chi connectivity index (χ0) is 23.4. The maximum atomic E-state index is 12.6. The summed E-state index contributed by atoms with van der Waals surface area (Å²) in [6.07, 6.45) is 2.37. The van der Waals surface area contributed by atoms with Crippen LogP contribution in [0, 0.1) is 0 Å². The van der Waals surface area contributed by atoms with E-state index in [-0.39, 0.29) is 5.91 Å². The Bertz CT molecular complexity index is 1020. The van der Waals surface area contributed by atoms with Gasteiger partial charge >= 0.3 is 0 Å². The largest absolute Gasteiger partial charge is 0.380 e. The molecule has 0 bridgehead atoms. The van der Waals surface area contributed by atoms with Crippen LogP contribution in [-0.2, 0) is 11.3 Å². The Balaban J connectivity index is 1.40. The summed E-state index contributed by atoms with van der Waals surface area (Å²) in [6, 6.07) is 10.9. The predicted molar refractivity (Wildman–Crippen MR) is 133 cm³/mol. The minimum absolute atomic E-state index is 0.211. The van der Waals surface area contributed by atoms with E-state index < -0.39 is 5.91 Å². The molecule has 2 saturated heterocycles. The molecule has 33 heavy (non-hydrogen) atoms. The number of hydrogen-bond donors (Lipinski definition) is 2. The van der Waals surface area contributed by atoms with Crippen molar-refractivity contribution in [3.63, 3.8) is 0 Å². The van der Waals surface area contributed by atoms with Crippen LogP contribution in [0.15, 0.2) is 36.4 Å². The second-order valence-corrected chi connectivity index (χ2v) is 9.38. The smallest absolute Gasteiger partial charge is 0.250 e. The highest BCUT2D eigenvalue weighted by Gasteiger charge is 2.24. The molecule has 9 heteroatoms. The fraction of sp³-hybridized carbons (Fsp3) is 0.417. The minimum atomic E-state index is -0.497. The number of primary amides is 1. The van der Waals surface area contributed by atoms with Crippen LogP contribution < -0.4 is 16.0 Å². The second-order valence-electron chi connectivity index (χ2n) is 8.53. The fourth-order valence-corrected chi connectivity index (χ4v) is 4.87. The molecule has 4 rings (SSSR count). The van der Waals surface area contributed by atoms with Gasteiger partial charge in [0.25, 0.3) is 5.91 Å². The molecule has 2 aromatic carbocycles. The molecule has 0 aliphatic carbocycles. The van der Waals surface area contributed by atoms with Crippen molar-refractivity contribution in [1.82, 2.24) is 9.80 Å². The summed E-state index contributed by atoms with van der Waals surface area (Å²) in [5, 5.41) is 4.42. The quantitative estimate of drug-likeness (QED) is 0.622. The monoisotopic (exact) mass is 489 g/mol. The third-order valence-corrected chi connectivity index (χ3v) is 6.90. The van der Waals surface area contributed by atoms with Gasteiger partial charge in [-0.1, -0.05) is 29.3 Å². The van der Waals surface area contributed by atoms with Gasteiger partial charge in [-0.25, -0.2) is 0 Å². The first kappa shape index (κ1) is 23.7. The molecule has 2 aliphatic heterocycles. The number of rotatable bonds is 7. The Morgan fingerprint density at radius 3 is 2.33 bits per heavy atom. The third kappa shape index (κ3) is 5.91. The minimum Gasteiger partial charge on any atom is -0.380 e. The summed E-state index contributed by atoms with van der Waals surface area (Å²) < 4.78 is 0. The standard InChI is InChI=1S/C24H29Cl2N5O2/c25-18-4-3-17(21(26)13-18)15-28-22-14-19(5-6-20(22)24(27)33)30-9-11-31(12-10-30)23(32)16-29-7-1-2-8-29/h3-6,13-14,28H,1-2,7-12,15-16H2,(H2,27,33). The van der Waals surface area contributed by atoms with Crippen molar-refractivity contribution >= 4 is 46.4 Å².